The molecule has 29 heavy (non-hydrogen) atoms. The van der Waals surface area contributed by atoms with Gasteiger partial charge >= 0.3 is 0 Å². The van der Waals surface area contributed by atoms with Gasteiger partial charge in [0, 0.05) is 18.5 Å². The first-order valence-electron chi connectivity index (χ1n) is 10.3. The van der Waals surface area contributed by atoms with Crippen molar-refractivity contribution in [3.8, 4) is 0 Å². The van der Waals surface area contributed by atoms with E-state index in [-0.39, 0.29) is 11.8 Å². The average molecular weight is 384 g/mol. The van der Waals surface area contributed by atoms with Crippen molar-refractivity contribution in [1.82, 2.24) is 5.32 Å². The third-order valence-electron chi connectivity index (χ3n) is 5.17. The maximum absolute atomic E-state index is 12.2. The van der Waals surface area contributed by atoms with Crippen molar-refractivity contribution in [2.24, 2.45) is 0 Å². The Hall–Kier alpha value is -3.13. The molecule has 0 atom stereocenters. The summed E-state index contributed by atoms with van der Waals surface area (Å²) in [6.45, 7) is 4.98. The molecule has 0 unspecified atom stereocenters. The third kappa shape index (κ3) is 6.18. The fourth-order valence-corrected chi connectivity index (χ4v) is 3.46. The van der Waals surface area contributed by atoms with E-state index in [9.17, 15) is 4.79 Å². The Morgan fingerprint density at radius 1 is 0.793 bits per heavy atom. The van der Waals surface area contributed by atoms with Gasteiger partial charge in [-0.15, -0.1) is 0 Å². The number of amides is 1. The van der Waals surface area contributed by atoms with E-state index in [0.717, 1.165) is 12.0 Å². The highest BCUT2D eigenvalue weighted by atomic mass is 16.1. The zero-order chi connectivity index (χ0) is 20.5. The average Bonchev–Trinajstić information content (AvgIpc) is 2.77. The lowest BCUT2D eigenvalue weighted by Crippen LogP contribution is -2.23. The number of hydrogen-bond acceptors (Lipinski definition) is 1. The summed E-state index contributed by atoms with van der Waals surface area (Å²) in [6.07, 6.45) is 4.34. The van der Waals surface area contributed by atoms with E-state index < -0.39 is 0 Å². The molecule has 0 aliphatic carbocycles. The van der Waals surface area contributed by atoms with Gasteiger partial charge < -0.3 is 5.32 Å². The summed E-state index contributed by atoms with van der Waals surface area (Å²) in [4.78, 5) is 12.2. The summed E-state index contributed by atoms with van der Waals surface area (Å²) in [5.74, 6) is 0.724. The molecule has 2 nitrogen and oxygen atoms in total. The Kier molecular flexibility index (Phi) is 7.40. The van der Waals surface area contributed by atoms with Crippen molar-refractivity contribution < 1.29 is 4.79 Å². The van der Waals surface area contributed by atoms with E-state index in [4.69, 9.17) is 0 Å². The minimum Gasteiger partial charge on any atom is -0.353 e. The van der Waals surface area contributed by atoms with E-state index in [2.05, 4.69) is 92.0 Å². The van der Waals surface area contributed by atoms with Gasteiger partial charge in [0.15, 0.2) is 0 Å². The standard InChI is InChI=1S/C27H29NO/c1-21(2)23-16-13-22(14-17-23)15-18-27(29)28-20-19-26(24-9-5-3-6-10-24)25-11-7-4-8-12-25/h3-18,21,26H,19-20H2,1-2H3,(H,28,29). The molecule has 2 heteroatoms. The summed E-state index contributed by atoms with van der Waals surface area (Å²) in [5, 5.41) is 3.03. The molecule has 0 saturated heterocycles. The van der Waals surface area contributed by atoms with E-state index in [1.807, 2.05) is 18.2 Å². The SMILES string of the molecule is CC(C)c1ccc(C=CC(=O)NCCC(c2ccccc2)c2ccccc2)cc1. The Labute approximate surface area is 174 Å². The first-order chi connectivity index (χ1) is 14.1. The van der Waals surface area contributed by atoms with E-state index in [1.165, 1.54) is 16.7 Å². The van der Waals surface area contributed by atoms with Gasteiger partial charge in [-0.3, -0.25) is 4.79 Å². The molecule has 1 amide bonds. The minimum absolute atomic E-state index is 0.0576. The number of nitrogens with one attached hydrogen (secondary N) is 1. The molecule has 0 bridgehead atoms. The molecule has 0 heterocycles. The minimum atomic E-state index is -0.0576. The Balaban J connectivity index is 1.57. The van der Waals surface area contributed by atoms with Gasteiger partial charge in [0.2, 0.25) is 5.91 Å². The molecule has 1 N–H and O–H groups in total. The number of hydrogen-bond donors (Lipinski definition) is 1. The van der Waals surface area contributed by atoms with Gasteiger partial charge in [0.1, 0.15) is 0 Å². The van der Waals surface area contributed by atoms with Crippen molar-refractivity contribution in [2.45, 2.75) is 32.1 Å². The molecular weight excluding hydrogens is 354 g/mol. The Bertz CT molecular complexity index is 872. The number of benzene rings is 3. The number of carbonyl (C=O) groups excluding carboxylic acids is 1. The van der Waals surface area contributed by atoms with E-state index in [1.54, 1.807) is 6.08 Å². The zero-order valence-electron chi connectivity index (χ0n) is 17.2. The molecule has 0 saturated carbocycles. The fourth-order valence-electron chi connectivity index (χ4n) is 3.46. The smallest absolute Gasteiger partial charge is 0.243 e. The van der Waals surface area contributed by atoms with Crippen LogP contribution in [0.1, 0.15) is 54.4 Å². The summed E-state index contributed by atoms with van der Waals surface area (Å²) in [6, 6.07) is 29.3. The highest BCUT2D eigenvalue weighted by Gasteiger charge is 2.13. The topological polar surface area (TPSA) is 29.1 Å². The van der Waals surface area contributed by atoms with Crippen LogP contribution in [0.5, 0.6) is 0 Å². The number of rotatable bonds is 8. The summed E-state index contributed by atoms with van der Waals surface area (Å²) in [5.41, 5.74) is 4.89. The van der Waals surface area contributed by atoms with Crippen LogP contribution in [0, 0.1) is 0 Å². The first-order valence-corrected chi connectivity index (χ1v) is 10.3. The van der Waals surface area contributed by atoms with E-state index in [0.29, 0.717) is 12.5 Å². The Morgan fingerprint density at radius 2 is 1.34 bits per heavy atom. The molecule has 3 aromatic carbocycles. The van der Waals surface area contributed by atoms with Crippen LogP contribution in [0.15, 0.2) is 91.0 Å². The molecule has 148 valence electrons. The molecule has 0 radical (unpaired) electrons. The van der Waals surface area contributed by atoms with Gasteiger partial charge in [-0.2, -0.15) is 0 Å². The predicted molar refractivity (Wildman–Crippen MR) is 122 cm³/mol. The van der Waals surface area contributed by atoms with Crippen LogP contribution >= 0.6 is 0 Å². The van der Waals surface area contributed by atoms with Crippen LogP contribution in [0.4, 0.5) is 0 Å². The Morgan fingerprint density at radius 3 is 1.86 bits per heavy atom. The number of carbonyl (C=O) groups is 1. The second-order valence-electron chi connectivity index (χ2n) is 7.61. The predicted octanol–water partition coefficient (Wildman–Crippen LogP) is 6.16. The van der Waals surface area contributed by atoms with Crippen LogP contribution in [0.2, 0.25) is 0 Å². The molecule has 3 aromatic rings. The lowest BCUT2D eigenvalue weighted by molar-refractivity contribution is -0.116. The van der Waals surface area contributed by atoms with Gasteiger partial charge in [-0.1, -0.05) is 98.8 Å². The summed E-state index contributed by atoms with van der Waals surface area (Å²) < 4.78 is 0. The monoisotopic (exact) mass is 383 g/mol. The van der Waals surface area contributed by atoms with Gasteiger partial charge in [0.25, 0.3) is 0 Å². The summed E-state index contributed by atoms with van der Waals surface area (Å²) >= 11 is 0. The van der Waals surface area contributed by atoms with E-state index >= 15 is 0 Å². The van der Waals surface area contributed by atoms with Gasteiger partial charge in [-0.25, -0.2) is 0 Å². The normalized spacial score (nSPS) is 11.3. The van der Waals surface area contributed by atoms with Crippen molar-refractivity contribution in [3.63, 3.8) is 0 Å². The first kappa shape index (κ1) is 20.6. The van der Waals surface area contributed by atoms with Gasteiger partial charge in [0.05, 0.1) is 0 Å². The van der Waals surface area contributed by atoms with Crippen molar-refractivity contribution in [1.29, 1.82) is 0 Å². The van der Waals surface area contributed by atoms with Crippen LogP contribution in [0.3, 0.4) is 0 Å². The second-order valence-corrected chi connectivity index (χ2v) is 7.61. The van der Waals surface area contributed by atoms with Crippen LogP contribution in [-0.4, -0.2) is 12.5 Å². The maximum Gasteiger partial charge on any atom is 0.243 e. The molecule has 3 rings (SSSR count). The van der Waals surface area contributed by atoms with Crippen molar-refractivity contribution in [3.05, 3.63) is 113 Å². The van der Waals surface area contributed by atoms with Crippen molar-refractivity contribution in [2.75, 3.05) is 6.54 Å². The van der Waals surface area contributed by atoms with Crippen LogP contribution < -0.4 is 5.32 Å². The lowest BCUT2D eigenvalue weighted by Gasteiger charge is -2.18. The summed E-state index contributed by atoms with van der Waals surface area (Å²) in [7, 11) is 0. The fraction of sp³-hybridized carbons (Fsp3) is 0.222. The lowest BCUT2D eigenvalue weighted by atomic mass is 9.88. The zero-order valence-corrected chi connectivity index (χ0v) is 17.2. The van der Waals surface area contributed by atoms with Crippen molar-refractivity contribution >= 4 is 12.0 Å². The van der Waals surface area contributed by atoms with Crippen LogP contribution in [0.25, 0.3) is 6.08 Å². The molecule has 0 aliphatic rings. The maximum atomic E-state index is 12.2. The van der Waals surface area contributed by atoms with Gasteiger partial charge in [-0.05, 0) is 40.7 Å². The molecule has 0 aliphatic heterocycles. The molecule has 0 fully saturated rings. The highest BCUT2D eigenvalue weighted by Crippen LogP contribution is 2.27. The highest BCUT2D eigenvalue weighted by molar-refractivity contribution is 5.91. The quantitative estimate of drug-likeness (QED) is 0.464. The molecule has 0 spiro atoms. The van der Waals surface area contributed by atoms with Crippen LogP contribution in [-0.2, 0) is 4.79 Å². The second kappa shape index (κ2) is 10.4. The largest absolute Gasteiger partial charge is 0.353 e. The molecule has 0 aromatic heterocycles. The third-order valence-corrected chi connectivity index (χ3v) is 5.17. The molecular formula is C27H29NO.